The molecule has 0 N–H and O–H groups in total. The van der Waals surface area contributed by atoms with Crippen molar-refractivity contribution in [3.8, 4) is 11.4 Å². The van der Waals surface area contributed by atoms with Crippen molar-refractivity contribution in [3.63, 3.8) is 0 Å². The van der Waals surface area contributed by atoms with E-state index in [4.69, 9.17) is 0 Å². The molecular weight excluding hydrogens is 297 g/mol. The minimum absolute atomic E-state index is 0.00934. The molecule has 0 radical (unpaired) electrons. The maximum Gasteiger partial charge on any atom is 0.246 e. The smallest absolute Gasteiger partial charge is 0.246 e. The predicted octanol–water partition coefficient (Wildman–Crippen LogP) is 2.27. The third-order valence-electron chi connectivity index (χ3n) is 4.02. The molecule has 1 aliphatic heterocycles. The molecule has 1 amide bonds. The van der Waals surface area contributed by atoms with Gasteiger partial charge in [0.25, 0.3) is 0 Å². The number of benzene rings is 1. The zero-order valence-electron chi connectivity index (χ0n) is 13.0. The van der Waals surface area contributed by atoms with Crippen LogP contribution < -0.4 is 0 Å². The molecule has 1 fully saturated rings. The van der Waals surface area contributed by atoms with E-state index in [0.717, 1.165) is 25.9 Å². The molecule has 1 aliphatic rings. The van der Waals surface area contributed by atoms with Gasteiger partial charge in [0.2, 0.25) is 11.7 Å². The van der Waals surface area contributed by atoms with Crippen LogP contribution >= 0.6 is 0 Å². The second kappa shape index (κ2) is 7.30. The van der Waals surface area contributed by atoms with Crippen LogP contribution in [0.25, 0.3) is 11.4 Å². The highest BCUT2D eigenvalue weighted by Crippen LogP contribution is 2.15. The highest BCUT2D eigenvalue weighted by Gasteiger charge is 2.17. The SMILES string of the molecule is O=C(Cn1nnc(-c2cccc(F)c2)n1)N1CCCCCCC1. The van der Waals surface area contributed by atoms with Gasteiger partial charge in [-0.2, -0.15) is 4.80 Å². The molecule has 122 valence electrons. The number of nitrogens with zero attached hydrogens (tertiary/aromatic N) is 5. The zero-order chi connectivity index (χ0) is 16.1. The molecule has 1 saturated heterocycles. The molecule has 0 atom stereocenters. The third kappa shape index (κ3) is 4.12. The molecular formula is C16H20FN5O. The summed E-state index contributed by atoms with van der Waals surface area (Å²) in [7, 11) is 0. The molecule has 0 saturated carbocycles. The summed E-state index contributed by atoms with van der Waals surface area (Å²) in [5.74, 6) is -0.0179. The Morgan fingerprint density at radius 2 is 1.87 bits per heavy atom. The van der Waals surface area contributed by atoms with E-state index in [0.29, 0.717) is 11.4 Å². The Kier molecular flexibility index (Phi) is 4.95. The van der Waals surface area contributed by atoms with Crippen molar-refractivity contribution < 1.29 is 9.18 Å². The molecule has 6 nitrogen and oxygen atoms in total. The van der Waals surface area contributed by atoms with Crippen molar-refractivity contribution >= 4 is 5.91 Å². The van der Waals surface area contributed by atoms with Gasteiger partial charge < -0.3 is 4.90 Å². The molecule has 7 heteroatoms. The standard InChI is InChI=1S/C16H20FN5O/c17-14-8-6-7-13(11-14)16-18-20-22(19-16)12-15(23)21-9-4-2-1-3-5-10-21/h6-8,11H,1-5,9-10,12H2. The number of rotatable bonds is 3. The van der Waals surface area contributed by atoms with Gasteiger partial charge in [0.1, 0.15) is 12.4 Å². The predicted molar refractivity (Wildman–Crippen MR) is 82.9 cm³/mol. The molecule has 1 aromatic heterocycles. The van der Waals surface area contributed by atoms with Gasteiger partial charge in [0.05, 0.1) is 0 Å². The first-order chi connectivity index (χ1) is 11.2. The first-order valence-corrected chi connectivity index (χ1v) is 8.04. The Balaban J connectivity index is 1.65. The van der Waals surface area contributed by atoms with E-state index >= 15 is 0 Å². The minimum Gasteiger partial charge on any atom is -0.341 e. The lowest BCUT2D eigenvalue weighted by Gasteiger charge is -2.24. The van der Waals surface area contributed by atoms with Gasteiger partial charge in [-0.25, -0.2) is 4.39 Å². The number of halogens is 1. The molecule has 2 aromatic rings. The summed E-state index contributed by atoms with van der Waals surface area (Å²) in [5, 5.41) is 12.0. The van der Waals surface area contributed by atoms with Crippen molar-refractivity contribution in [2.24, 2.45) is 0 Å². The fraction of sp³-hybridized carbons (Fsp3) is 0.500. The number of aromatic nitrogens is 4. The topological polar surface area (TPSA) is 63.9 Å². The van der Waals surface area contributed by atoms with E-state index in [-0.39, 0.29) is 18.3 Å². The van der Waals surface area contributed by atoms with Crippen molar-refractivity contribution in [3.05, 3.63) is 30.1 Å². The number of hydrogen-bond acceptors (Lipinski definition) is 4. The highest BCUT2D eigenvalue weighted by atomic mass is 19.1. The van der Waals surface area contributed by atoms with Crippen LogP contribution in [0.15, 0.2) is 24.3 Å². The summed E-state index contributed by atoms with van der Waals surface area (Å²) in [6, 6.07) is 6.02. The van der Waals surface area contributed by atoms with Crippen molar-refractivity contribution in [2.45, 2.75) is 38.6 Å². The first-order valence-electron chi connectivity index (χ1n) is 8.04. The van der Waals surface area contributed by atoms with E-state index in [1.807, 2.05) is 4.90 Å². The molecule has 0 bridgehead atoms. The molecule has 0 aliphatic carbocycles. The molecule has 2 heterocycles. The fourth-order valence-electron chi connectivity index (χ4n) is 2.77. The number of tetrazole rings is 1. The number of likely N-dealkylation sites (tertiary alicyclic amines) is 1. The van der Waals surface area contributed by atoms with Crippen LogP contribution in [-0.2, 0) is 11.3 Å². The number of carbonyl (C=O) groups excluding carboxylic acids is 1. The first kappa shape index (κ1) is 15.6. The van der Waals surface area contributed by atoms with Gasteiger partial charge in [-0.3, -0.25) is 4.79 Å². The van der Waals surface area contributed by atoms with Crippen molar-refractivity contribution in [1.29, 1.82) is 0 Å². The van der Waals surface area contributed by atoms with Gasteiger partial charge in [-0.05, 0) is 30.2 Å². The summed E-state index contributed by atoms with van der Waals surface area (Å²) in [5.41, 5.74) is 0.551. The van der Waals surface area contributed by atoms with Crippen LogP contribution in [0.1, 0.15) is 32.1 Å². The Hall–Kier alpha value is -2.31. The lowest BCUT2D eigenvalue weighted by molar-refractivity contribution is -0.132. The number of amides is 1. The Morgan fingerprint density at radius 3 is 2.61 bits per heavy atom. The second-order valence-electron chi connectivity index (χ2n) is 5.80. The van der Waals surface area contributed by atoms with E-state index in [9.17, 15) is 9.18 Å². The fourth-order valence-corrected chi connectivity index (χ4v) is 2.77. The summed E-state index contributed by atoms with van der Waals surface area (Å²) in [6.45, 7) is 1.66. The Morgan fingerprint density at radius 1 is 1.13 bits per heavy atom. The van der Waals surface area contributed by atoms with Crippen LogP contribution in [0, 0.1) is 5.82 Å². The molecule has 1 aromatic carbocycles. The zero-order valence-corrected chi connectivity index (χ0v) is 13.0. The summed E-state index contributed by atoms with van der Waals surface area (Å²) in [6.07, 6.45) is 5.70. The Bertz CT molecular complexity index is 664. The summed E-state index contributed by atoms with van der Waals surface area (Å²) >= 11 is 0. The van der Waals surface area contributed by atoms with Gasteiger partial charge >= 0.3 is 0 Å². The minimum atomic E-state index is -0.351. The van der Waals surface area contributed by atoms with Crippen LogP contribution in [0.2, 0.25) is 0 Å². The van der Waals surface area contributed by atoms with Crippen molar-refractivity contribution in [1.82, 2.24) is 25.1 Å². The lowest BCUT2D eigenvalue weighted by atomic mass is 10.1. The normalized spacial score (nSPS) is 16.0. The Labute approximate surface area is 134 Å². The van der Waals surface area contributed by atoms with Gasteiger partial charge in [0.15, 0.2) is 0 Å². The van der Waals surface area contributed by atoms with Crippen molar-refractivity contribution in [2.75, 3.05) is 13.1 Å². The van der Waals surface area contributed by atoms with Gasteiger partial charge in [-0.15, -0.1) is 10.2 Å². The largest absolute Gasteiger partial charge is 0.341 e. The van der Waals surface area contributed by atoms with Gasteiger partial charge in [-0.1, -0.05) is 31.4 Å². The summed E-state index contributed by atoms with van der Waals surface area (Å²) < 4.78 is 13.2. The van der Waals surface area contributed by atoms with Gasteiger partial charge in [0, 0.05) is 18.7 Å². The van der Waals surface area contributed by atoms with E-state index in [1.54, 1.807) is 12.1 Å². The third-order valence-corrected chi connectivity index (χ3v) is 4.02. The number of hydrogen-bond donors (Lipinski definition) is 0. The molecule has 23 heavy (non-hydrogen) atoms. The van der Waals surface area contributed by atoms with E-state index in [2.05, 4.69) is 15.4 Å². The quantitative estimate of drug-likeness (QED) is 0.871. The van der Waals surface area contributed by atoms with Crippen LogP contribution in [0.3, 0.4) is 0 Å². The monoisotopic (exact) mass is 317 g/mol. The van der Waals surface area contributed by atoms with Crippen LogP contribution in [0.5, 0.6) is 0 Å². The average molecular weight is 317 g/mol. The van der Waals surface area contributed by atoms with E-state index in [1.165, 1.54) is 36.2 Å². The van der Waals surface area contributed by atoms with Crippen LogP contribution in [0.4, 0.5) is 4.39 Å². The molecule has 0 unspecified atom stereocenters. The molecule has 3 rings (SSSR count). The lowest BCUT2D eigenvalue weighted by Crippen LogP contribution is -2.36. The summed E-state index contributed by atoms with van der Waals surface area (Å²) in [4.78, 5) is 15.5. The number of carbonyl (C=O) groups is 1. The maximum atomic E-state index is 13.2. The average Bonchev–Trinajstić information content (AvgIpc) is 2.95. The molecule has 0 spiro atoms. The highest BCUT2D eigenvalue weighted by molar-refractivity contribution is 5.75. The second-order valence-corrected chi connectivity index (χ2v) is 5.80. The van der Waals surface area contributed by atoms with E-state index < -0.39 is 0 Å². The van der Waals surface area contributed by atoms with Crippen LogP contribution in [-0.4, -0.2) is 44.1 Å². The maximum absolute atomic E-state index is 13.2.